The number of urea groups is 1. The van der Waals surface area contributed by atoms with Crippen molar-refractivity contribution in [3.05, 3.63) is 12.7 Å². The number of amides is 3. The highest BCUT2D eigenvalue weighted by atomic mass is 16.4. The van der Waals surface area contributed by atoms with Gasteiger partial charge in [-0.3, -0.25) is 19.8 Å². The summed E-state index contributed by atoms with van der Waals surface area (Å²) in [5.74, 6) is -1.16. The maximum Gasteiger partial charge on any atom is 0.321 e. The summed E-state index contributed by atoms with van der Waals surface area (Å²) in [5, 5.41) is 14.0. The number of hydrogen-bond acceptors (Lipinski definition) is 4. The number of likely N-dealkylation sites (tertiary alicyclic amines) is 1. The van der Waals surface area contributed by atoms with Crippen LogP contribution in [0, 0.1) is 5.41 Å². The first-order valence-corrected chi connectivity index (χ1v) is 7.08. The number of carboxylic acid groups (broad SMARTS) is 1. The van der Waals surface area contributed by atoms with Crippen LogP contribution in [0.2, 0.25) is 0 Å². The van der Waals surface area contributed by atoms with Gasteiger partial charge in [0.25, 0.3) is 0 Å². The number of nitrogens with zero attached hydrogens (tertiary/aromatic N) is 1. The van der Waals surface area contributed by atoms with Gasteiger partial charge >= 0.3 is 12.0 Å². The average Bonchev–Trinajstić information content (AvgIpc) is 2.45. The fraction of sp³-hybridized carbons (Fsp3) is 0.643. The summed E-state index contributed by atoms with van der Waals surface area (Å²) < 4.78 is 0. The van der Waals surface area contributed by atoms with Crippen LogP contribution in [0.25, 0.3) is 0 Å². The molecule has 0 aliphatic carbocycles. The molecule has 0 bridgehead atoms. The van der Waals surface area contributed by atoms with Gasteiger partial charge < -0.3 is 10.4 Å². The van der Waals surface area contributed by atoms with Crippen molar-refractivity contribution in [3.63, 3.8) is 0 Å². The molecule has 21 heavy (non-hydrogen) atoms. The molecule has 1 heterocycles. The number of piperidine rings is 1. The van der Waals surface area contributed by atoms with Crippen molar-refractivity contribution in [2.45, 2.75) is 26.2 Å². The highest BCUT2D eigenvalue weighted by Gasteiger charge is 2.39. The Balaban J connectivity index is 2.38. The van der Waals surface area contributed by atoms with Crippen LogP contribution < -0.4 is 10.6 Å². The Labute approximate surface area is 124 Å². The first-order valence-electron chi connectivity index (χ1n) is 7.08. The van der Waals surface area contributed by atoms with E-state index in [0.29, 0.717) is 38.9 Å². The van der Waals surface area contributed by atoms with E-state index in [9.17, 15) is 19.5 Å². The summed E-state index contributed by atoms with van der Waals surface area (Å²) in [7, 11) is 0. The third-order valence-electron chi connectivity index (χ3n) is 3.97. The van der Waals surface area contributed by atoms with E-state index in [1.54, 1.807) is 0 Å². The summed E-state index contributed by atoms with van der Waals surface area (Å²) in [6.45, 7) is 6.81. The number of carboxylic acids is 1. The van der Waals surface area contributed by atoms with Crippen LogP contribution in [-0.2, 0) is 9.59 Å². The summed E-state index contributed by atoms with van der Waals surface area (Å²) in [6.07, 6.45) is 3.15. The molecule has 0 aromatic carbocycles. The van der Waals surface area contributed by atoms with Crippen LogP contribution in [-0.4, -0.2) is 54.1 Å². The zero-order chi connectivity index (χ0) is 15.9. The number of carbonyl (C=O) groups excluding carboxylic acids is 2. The van der Waals surface area contributed by atoms with Crippen LogP contribution in [0.5, 0.6) is 0 Å². The minimum absolute atomic E-state index is 0.0981. The van der Waals surface area contributed by atoms with Gasteiger partial charge in [-0.2, -0.15) is 0 Å². The van der Waals surface area contributed by atoms with E-state index in [1.807, 2.05) is 11.8 Å². The van der Waals surface area contributed by atoms with Crippen molar-refractivity contribution in [3.8, 4) is 0 Å². The van der Waals surface area contributed by atoms with Crippen LogP contribution >= 0.6 is 0 Å². The topological polar surface area (TPSA) is 98.7 Å². The molecule has 0 spiro atoms. The lowest BCUT2D eigenvalue weighted by Crippen LogP contribution is -2.49. The Hall–Kier alpha value is -1.89. The number of carbonyl (C=O) groups is 3. The predicted octanol–water partition coefficient (Wildman–Crippen LogP) is 0.575. The van der Waals surface area contributed by atoms with Gasteiger partial charge in [-0.25, -0.2) is 4.79 Å². The lowest BCUT2D eigenvalue weighted by Gasteiger charge is -2.37. The summed E-state index contributed by atoms with van der Waals surface area (Å²) in [4.78, 5) is 36.2. The Bertz CT molecular complexity index is 414. The molecule has 7 heteroatoms. The Kier molecular flexibility index (Phi) is 6.36. The third-order valence-corrected chi connectivity index (χ3v) is 3.97. The smallest absolute Gasteiger partial charge is 0.321 e. The SMILES string of the molecule is C=CCNC(=O)NC(=O)CN1CCC(CC)(C(=O)O)CC1. The van der Waals surface area contributed by atoms with Crippen LogP contribution in [0.15, 0.2) is 12.7 Å². The second-order valence-corrected chi connectivity index (χ2v) is 5.26. The van der Waals surface area contributed by atoms with E-state index in [1.165, 1.54) is 6.08 Å². The van der Waals surface area contributed by atoms with Gasteiger partial charge in [0.1, 0.15) is 0 Å². The van der Waals surface area contributed by atoms with Crippen LogP contribution in [0.4, 0.5) is 4.79 Å². The lowest BCUT2D eigenvalue weighted by molar-refractivity contribution is -0.152. The zero-order valence-corrected chi connectivity index (χ0v) is 12.4. The average molecular weight is 297 g/mol. The highest BCUT2D eigenvalue weighted by Crippen LogP contribution is 2.34. The van der Waals surface area contributed by atoms with Gasteiger partial charge in [0.15, 0.2) is 0 Å². The summed E-state index contributed by atoms with van der Waals surface area (Å²) >= 11 is 0. The molecule has 118 valence electrons. The lowest BCUT2D eigenvalue weighted by atomic mass is 9.76. The molecule has 1 rings (SSSR count). The van der Waals surface area contributed by atoms with E-state index in [-0.39, 0.29) is 6.54 Å². The first-order chi connectivity index (χ1) is 9.93. The largest absolute Gasteiger partial charge is 0.481 e. The maximum atomic E-state index is 11.7. The number of imide groups is 1. The van der Waals surface area contributed by atoms with Crippen LogP contribution in [0.3, 0.4) is 0 Å². The first kappa shape index (κ1) is 17.2. The second kappa shape index (κ2) is 7.78. The second-order valence-electron chi connectivity index (χ2n) is 5.26. The Morgan fingerprint density at radius 1 is 1.33 bits per heavy atom. The normalized spacial score (nSPS) is 17.8. The molecular formula is C14H23N3O4. The predicted molar refractivity (Wildman–Crippen MR) is 77.8 cm³/mol. The Morgan fingerprint density at radius 2 is 1.95 bits per heavy atom. The minimum atomic E-state index is -0.766. The minimum Gasteiger partial charge on any atom is -0.481 e. The zero-order valence-electron chi connectivity index (χ0n) is 12.4. The fourth-order valence-corrected chi connectivity index (χ4v) is 2.44. The molecule has 0 aromatic heterocycles. The fourth-order valence-electron chi connectivity index (χ4n) is 2.44. The van der Waals surface area contributed by atoms with Crippen molar-refractivity contribution in [1.29, 1.82) is 0 Å². The molecule has 3 amide bonds. The molecule has 0 unspecified atom stereocenters. The molecule has 3 N–H and O–H groups in total. The van der Waals surface area contributed by atoms with E-state index in [2.05, 4.69) is 17.2 Å². The van der Waals surface area contributed by atoms with Crippen molar-refractivity contribution >= 4 is 17.9 Å². The quantitative estimate of drug-likeness (QED) is 0.623. The monoisotopic (exact) mass is 297 g/mol. The van der Waals surface area contributed by atoms with Gasteiger partial charge in [-0.05, 0) is 32.4 Å². The Morgan fingerprint density at radius 3 is 2.43 bits per heavy atom. The van der Waals surface area contributed by atoms with Gasteiger partial charge in [-0.1, -0.05) is 13.0 Å². The van der Waals surface area contributed by atoms with Crippen molar-refractivity contribution in [2.75, 3.05) is 26.2 Å². The van der Waals surface area contributed by atoms with Crippen LogP contribution in [0.1, 0.15) is 26.2 Å². The van der Waals surface area contributed by atoms with Gasteiger partial charge in [0.05, 0.1) is 12.0 Å². The number of rotatable bonds is 6. The molecule has 0 saturated carbocycles. The molecule has 0 aromatic rings. The molecule has 1 saturated heterocycles. The van der Waals surface area contributed by atoms with Crippen molar-refractivity contribution < 1.29 is 19.5 Å². The molecule has 1 fully saturated rings. The van der Waals surface area contributed by atoms with Gasteiger partial charge in [-0.15, -0.1) is 6.58 Å². The number of hydrogen-bond donors (Lipinski definition) is 3. The summed E-state index contributed by atoms with van der Waals surface area (Å²) in [6, 6.07) is -0.551. The van der Waals surface area contributed by atoms with E-state index in [0.717, 1.165) is 0 Å². The molecule has 0 atom stereocenters. The van der Waals surface area contributed by atoms with E-state index >= 15 is 0 Å². The van der Waals surface area contributed by atoms with E-state index < -0.39 is 23.3 Å². The third kappa shape index (κ3) is 4.86. The molecule has 1 aliphatic heterocycles. The maximum absolute atomic E-state index is 11.7. The highest BCUT2D eigenvalue weighted by molar-refractivity contribution is 5.95. The standard InChI is InChI=1S/C14H23N3O4/c1-3-7-15-13(21)16-11(18)10-17-8-5-14(4-2,6-9-17)12(19)20/h3H,1,4-10H2,2H3,(H,19,20)(H2,15,16,18,21). The van der Waals surface area contributed by atoms with Crippen molar-refractivity contribution in [2.24, 2.45) is 5.41 Å². The van der Waals surface area contributed by atoms with E-state index in [4.69, 9.17) is 0 Å². The molecular weight excluding hydrogens is 274 g/mol. The molecule has 7 nitrogen and oxygen atoms in total. The summed E-state index contributed by atoms with van der Waals surface area (Å²) in [5.41, 5.74) is -0.672. The van der Waals surface area contributed by atoms with Gasteiger partial charge in [0.2, 0.25) is 5.91 Å². The molecule has 0 radical (unpaired) electrons. The van der Waals surface area contributed by atoms with Crippen molar-refractivity contribution in [1.82, 2.24) is 15.5 Å². The van der Waals surface area contributed by atoms with Gasteiger partial charge in [0, 0.05) is 6.54 Å². The number of aliphatic carboxylic acids is 1. The molecule has 1 aliphatic rings. The number of nitrogens with one attached hydrogen (secondary N) is 2.